The van der Waals surface area contributed by atoms with Crippen LogP contribution in [0.25, 0.3) is 0 Å². The Hall–Kier alpha value is -4.08. The first-order chi connectivity index (χ1) is 16.5. The van der Waals surface area contributed by atoms with Gasteiger partial charge in [0.1, 0.15) is 6.33 Å². The molecule has 3 aromatic rings. The van der Waals surface area contributed by atoms with Gasteiger partial charge in [-0.05, 0) is 25.0 Å². The summed E-state index contributed by atoms with van der Waals surface area (Å²) in [7, 11) is 4.63. The van der Waals surface area contributed by atoms with Gasteiger partial charge in [0.2, 0.25) is 17.6 Å². The maximum Gasteiger partial charge on any atom is 0.253 e. The predicted octanol–water partition coefficient (Wildman–Crippen LogP) is 4.30. The zero-order valence-corrected chi connectivity index (χ0v) is 20.0. The smallest absolute Gasteiger partial charge is 0.253 e. The van der Waals surface area contributed by atoms with Crippen LogP contribution in [0.5, 0.6) is 17.2 Å². The number of anilines is 4. The Labute approximate surface area is 199 Å². The van der Waals surface area contributed by atoms with Gasteiger partial charge in [0, 0.05) is 23.9 Å². The van der Waals surface area contributed by atoms with E-state index in [0.29, 0.717) is 40.1 Å². The van der Waals surface area contributed by atoms with E-state index in [1.807, 2.05) is 26.0 Å². The van der Waals surface area contributed by atoms with E-state index in [9.17, 15) is 4.79 Å². The number of hydrogen-bond acceptors (Lipinski definition) is 9. The molecule has 0 saturated heterocycles. The van der Waals surface area contributed by atoms with Crippen molar-refractivity contribution in [3.63, 3.8) is 0 Å². The van der Waals surface area contributed by atoms with Crippen molar-refractivity contribution in [3.8, 4) is 17.2 Å². The molecule has 0 aliphatic heterocycles. The van der Waals surface area contributed by atoms with E-state index in [1.54, 1.807) is 45.6 Å². The molecule has 0 atom stereocenters. The highest BCUT2D eigenvalue weighted by molar-refractivity contribution is 6.00. The molecule has 0 aliphatic rings. The lowest BCUT2D eigenvalue weighted by molar-refractivity contribution is 0.0935. The lowest BCUT2D eigenvalue weighted by Crippen LogP contribution is -2.34. The fourth-order valence-corrected chi connectivity index (χ4v) is 3.37. The molecule has 10 heteroatoms. The third kappa shape index (κ3) is 5.83. The van der Waals surface area contributed by atoms with Crippen LogP contribution < -0.4 is 30.2 Å². The van der Waals surface area contributed by atoms with Crippen molar-refractivity contribution in [2.45, 2.75) is 32.7 Å². The summed E-state index contributed by atoms with van der Waals surface area (Å²) < 4.78 is 16.1. The van der Waals surface area contributed by atoms with Gasteiger partial charge in [-0.25, -0.2) is 9.97 Å². The molecule has 10 nitrogen and oxygen atoms in total. The van der Waals surface area contributed by atoms with Crippen LogP contribution in [-0.2, 0) is 0 Å². The van der Waals surface area contributed by atoms with Crippen molar-refractivity contribution in [2.24, 2.45) is 0 Å². The number of carbonyl (C=O) groups excluding carboxylic acids is 1. The molecule has 0 spiro atoms. The number of carbonyl (C=O) groups is 1. The molecule has 0 bridgehead atoms. The van der Waals surface area contributed by atoms with Crippen molar-refractivity contribution in [1.82, 2.24) is 20.3 Å². The molecule has 1 heterocycles. The van der Waals surface area contributed by atoms with Crippen LogP contribution >= 0.6 is 0 Å². The Morgan fingerprint density at radius 2 is 1.53 bits per heavy atom. The maximum atomic E-state index is 12.8. The van der Waals surface area contributed by atoms with E-state index in [4.69, 9.17) is 14.2 Å². The Kier molecular flexibility index (Phi) is 8.44. The molecule has 34 heavy (non-hydrogen) atoms. The number of methoxy groups -OCH3 is 3. The minimum atomic E-state index is -0.151. The molecule has 0 saturated carbocycles. The molecule has 2 aromatic carbocycles. The van der Waals surface area contributed by atoms with Crippen LogP contribution in [0.2, 0.25) is 0 Å². The normalized spacial score (nSPS) is 10.5. The zero-order chi connectivity index (χ0) is 24.5. The number of hydrogen-bond donors (Lipinski definition) is 3. The topological polar surface area (TPSA) is 120 Å². The Morgan fingerprint density at radius 3 is 2.12 bits per heavy atom. The number of amides is 1. The van der Waals surface area contributed by atoms with Crippen LogP contribution in [0.4, 0.5) is 23.3 Å². The molecule has 180 valence electrons. The first kappa shape index (κ1) is 24.6. The lowest BCUT2D eigenvalue weighted by atomic mass is 10.1. The number of nitrogens with one attached hydrogen (secondary N) is 3. The molecule has 0 fully saturated rings. The quantitative estimate of drug-likeness (QED) is 0.380. The number of para-hydroxylation sites is 1. The van der Waals surface area contributed by atoms with Crippen LogP contribution in [0, 0.1) is 0 Å². The average Bonchev–Trinajstić information content (AvgIpc) is 2.87. The summed E-state index contributed by atoms with van der Waals surface area (Å²) in [6.45, 7) is 4.10. The Morgan fingerprint density at radius 1 is 0.912 bits per heavy atom. The fraction of sp³-hybridized carbons (Fsp3) is 0.333. The highest BCUT2D eigenvalue weighted by Crippen LogP contribution is 2.40. The summed E-state index contributed by atoms with van der Waals surface area (Å²) in [6, 6.07) is 10.8. The molecule has 0 aliphatic carbocycles. The second-order valence-electron chi connectivity index (χ2n) is 7.33. The van der Waals surface area contributed by atoms with Gasteiger partial charge >= 0.3 is 0 Å². The highest BCUT2D eigenvalue weighted by atomic mass is 16.5. The number of aromatic nitrogens is 3. The summed E-state index contributed by atoms with van der Waals surface area (Å²) in [5.41, 5.74) is 1.74. The second kappa shape index (κ2) is 11.7. The third-order valence-corrected chi connectivity index (χ3v) is 5.23. The van der Waals surface area contributed by atoms with Crippen LogP contribution in [0.3, 0.4) is 0 Å². The number of ether oxygens (including phenoxy) is 3. The van der Waals surface area contributed by atoms with Crippen molar-refractivity contribution in [2.75, 3.05) is 32.0 Å². The van der Waals surface area contributed by atoms with E-state index in [2.05, 4.69) is 30.9 Å². The maximum absolute atomic E-state index is 12.8. The first-order valence-electron chi connectivity index (χ1n) is 11.0. The summed E-state index contributed by atoms with van der Waals surface area (Å²) in [4.78, 5) is 25.6. The average molecular weight is 467 g/mol. The minimum absolute atomic E-state index is 0.118. The largest absolute Gasteiger partial charge is 0.493 e. The van der Waals surface area contributed by atoms with Gasteiger partial charge in [-0.1, -0.05) is 26.0 Å². The number of rotatable bonds is 11. The molecule has 0 radical (unpaired) electrons. The standard InChI is InChI=1S/C24H30N6O4/c1-6-15(7-2)27-22(31)17-10-8-9-11-18(17)29-24-26-14-25-23(30-24)28-16-12-19(32-3)21(34-5)20(13-16)33-4/h8-15H,6-7H2,1-5H3,(H,27,31)(H2,25,26,28,29,30). The summed E-state index contributed by atoms with van der Waals surface area (Å²) in [5.74, 6) is 1.90. The fourth-order valence-electron chi connectivity index (χ4n) is 3.37. The lowest BCUT2D eigenvalue weighted by Gasteiger charge is -2.17. The van der Waals surface area contributed by atoms with Crippen molar-refractivity contribution < 1.29 is 19.0 Å². The van der Waals surface area contributed by atoms with Crippen molar-refractivity contribution in [3.05, 3.63) is 48.3 Å². The van der Waals surface area contributed by atoms with Crippen molar-refractivity contribution >= 4 is 29.2 Å². The first-order valence-corrected chi connectivity index (χ1v) is 11.0. The van der Waals surface area contributed by atoms with E-state index >= 15 is 0 Å². The van der Waals surface area contributed by atoms with Gasteiger partial charge in [0.15, 0.2) is 11.5 Å². The SMILES string of the molecule is CCC(CC)NC(=O)c1ccccc1Nc1ncnc(Nc2cc(OC)c(OC)c(OC)c2)n1. The molecular formula is C24H30N6O4. The second-order valence-corrected chi connectivity index (χ2v) is 7.33. The summed E-state index contributed by atoms with van der Waals surface area (Å²) >= 11 is 0. The molecule has 3 rings (SSSR count). The molecule has 1 aromatic heterocycles. The summed E-state index contributed by atoms with van der Waals surface area (Å²) in [5, 5.41) is 9.29. The van der Waals surface area contributed by atoms with Crippen molar-refractivity contribution in [1.29, 1.82) is 0 Å². The van der Waals surface area contributed by atoms with Crippen LogP contribution in [0.15, 0.2) is 42.7 Å². The Bertz CT molecular complexity index is 1100. The third-order valence-electron chi connectivity index (χ3n) is 5.23. The van der Waals surface area contributed by atoms with Gasteiger partial charge in [-0.3, -0.25) is 4.79 Å². The van der Waals surface area contributed by atoms with Crippen LogP contribution in [0.1, 0.15) is 37.0 Å². The number of nitrogens with zero attached hydrogens (tertiary/aromatic N) is 3. The van der Waals surface area contributed by atoms with Gasteiger partial charge in [0.05, 0.1) is 32.6 Å². The molecule has 1 amide bonds. The molecule has 0 unspecified atom stereocenters. The highest BCUT2D eigenvalue weighted by Gasteiger charge is 2.16. The monoisotopic (exact) mass is 466 g/mol. The molecule has 3 N–H and O–H groups in total. The van der Waals surface area contributed by atoms with Gasteiger partial charge in [-0.15, -0.1) is 0 Å². The van der Waals surface area contributed by atoms with Crippen LogP contribution in [-0.4, -0.2) is 48.2 Å². The minimum Gasteiger partial charge on any atom is -0.493 e. The predicted molar refractivity (Wildman–Crippen MR) is 131 cm³/mol. The van der Waals surface area contributed by atoms with E-state index in [0.717, 1.165) is 12.8 Å². The number of benzene rings is 2. The Balaban J connectivity index is 1.82. The van der Waals surface area contributed by atoms with Gasteiger partial charge in [0.25, 0.3) is 5.91 Å². The molecular weight excluding hydrogens is 436 g/mol. The zero-order valence-electron chi connectivity index (χ0n) is 20.0. The van der Waals surface area contributed by atoms with E-state index < -0.39 is 0 Å². The van der Waals surface area contributed by atoms with Gasteiger partial charge in [-0.2, -0.15) is 4.98 Å². The van der Waals surface area contributed by atoms with E-state index in [1.165, 1.54) is 6.33 Å². The van der Waals surface area contributed by atoms with Gasteiger partial charge < -0.3 is 30.2 Å². The van der Waals surface area contributed by atoms with E-state index in [-0.39, 0.29) is 17.9 Å². The summed E-state index contributed by atoms with van der Waals surface area (Å²) in [6.07, 6.45) is 3.10.